The summed E-state index contributed by atoms with van der Waals surface area (Å²) in [5.41, 5.74) is 3.47. The van der Waals surface area contributed by atoms with Gasteiger partial charge in [-0.05, 0) is 48.9 Å². The van der Waals surface area contributed by atoms with E-state index >= 15 is 0 Å². The number of carbonyl (C=O) groups is 1. The maximum atomic E-state index is 12.8. The molecule has 0 atom stereocenters. The number of hydrogen-bond donors (Lipinski definition) is 0. The Morgan fingerprint density at radius 2 is 2.07 bits per heavy atom. The molecule has 0 aliphatic carbocycles. The van der Waals surface area contributed by atoms with E-state index in [0.717, 1.165) is 20.6 Å². The molecule has 5 nitrogen and oxygen atoms in total. The minimum Gasteiger partial charge on any atom is -0.487 e. The van der Waals surface area contributed by atoms with Crippen LogP contribution in [0.3, 0.4) is 0 Å². The monoisotopic (exact) mass is 425 g/mol. The quantitative estimate of drug-likeness (QED) is 0.426. The topological polar surface area (TPSA) is 46.8 Å². The van der Waals surface area contributed by atoms with E-state index in [9.17, 15) is 4.79 Å². The van der Waals surface area contributed by atoms with Crippen LogP contribution < -0.4 is 4.74 Å². The summed E-state index contributed by atoms with van der Waals surface area (Å²) in [6.07, 6.45) is 3.99. The molecule has 4 aromatic rings. The van der Waals surface area contributed by atoms with Gasteiger partial charge >= 0.3 is 0 Å². The molecule has 1 aromatic carbocycles. The van der Waals surface area contributed by atoms with Crippen molar-refractivity contribution in [3.05, 3.63) is 87.0 Å². The van der Waals surface area contributed by atoms with E-state index in [4.69, 9.17) is 16.3 Å². The van der Waals surface area contributed by atoms with Gasteiger partial charge in [0, 0.05) is 29.9 Å². The molecule has 0 bridgehead atoms. The zero-order valence-corrected chi connectivity index (χ0v) is 17.7. The van der Waals surface area contributed by atoms with Crippen LogP contribution in [0, 0.1) is 6.92 Å². The molecule has 0 saturated carbocycles. The number of pyridine rings is 1. The smallest absolute Gasteiger partial charge is 0.254 e. The number of ether oxygens (including phenoxy) is 1. The number of aromatic nitrogens is 2. The molecule has 29 heavy (non-hydrogen) atoms. The molecule has 148 valence electrons. The standard InChI is InChI=1S/C22H20ClN3O2S/c1-15-6-9-21-24-17(12-26(21)11-15)14-28-18-5-3-4-16(10-18)22(27)25(2)13-19-7-8-20(23)29-19/h3-12H,13-14H2,1-2H3. The summed E-state index contributed by atoms with van der Waals surface area (Å²) in [4.78, 5) is 20.0. The SMILES string of the molecule is Cc1ccc2nc(COc3cccc(C(=O)N(C)Cc4ccc(Cl)s4)c3)cn2c1. The molecule has 0 saturated heterocycles. The Morgan fingerprint density at radius 1 is 1.21 bits per heavy atom. The third kappa shape index (κ3) is 4.60. The van der Waals surface area contributed by atoms with E-state index in [-0.39, 0.29) is 5.91 Å². The number of fused-ring (bicyclic) bond motifs is 1. The van der Waals surface area contributed by atoms with Crippen molar-refractivity contribution >= 4 is 34.5 Å². The van der Waals surface area contributed by atoms with Gasteiger partial charge in [-0.1, -0.05) is 23.7 Å². The average molecular weight is 426 g/mol. The molecule has 0 unspecified atom stereocenters. The van der Waals surface area contributed by atoms with Gasteiger partial charge in [-0.3, -0.25) is 4.79 Å². The molecule has 0 N–H and O–H groups in total. The second-order valence-electron chi connectivity index (χ2n) is 6.89. The lowest BCUT2D eigenvalue weighted by atomic mass is 10.2. The number of benzene rings is 1. The summed E-state index contributed by atoms with van der Waals surface area (Å²) in [7, 11) is 1.78. The normalized spacial score (nSPS) is 11.0. The molecule has 3 heterocycles. The minimum absolute atomic E-state index is 0.0665. The number of thiophene rings is 1. The molecule has 0 aliphatic heterocycles. The first-order valence-corrected chi connectivity index (χ1v) is 10.3. The van der Waals surface area contributed by atoms with Crippen LogP contribution in [-0.2, 0) is 13.2 Å². The highest BCUT2D eigenvalue weighted by Gasteiger charge is 2.14. The zero-order valence-electron chi connectivity index (χ0n) is 16.1. The van der Waals surface area contributed by atoms with Gasteiger partial charge in [-0.25, -0.2) is 4.98 Å². The second-order valence-corrected chi connectivity index (χ2v) is 8.69. The van der Waals surface area contributed by atoms with E-state index in [0.29, 0.717) is 24.5 Å². The van der Waals surface area contributed by atoms with Crippen molar-refractivity contribution in [2.24, 2.45) is 0 Å². The van der Waals surface area contributed by atoms with Crippen LogP contribution in [0.1, 0.15) is 26.5 Å². The van der Waals surface area contributed by atoms with Crippen LogP contribution in [0.5, 0.6) is 5.75 Å². The molecule has 0 aliphatic rings. The Morgan fingerprint density at radius 3 is 2.86 bits per heavy atom. The Hall–Kier alpha value is -2.83. The van der Waals surface area contributed by atoms with Gasteiger partial charge in [0.1, 0.15) is 18.0 Å². The molecule has 1 amide bonds. The molecular weight excluding hydrogens is 406 g/mol. The largest absolute Gasteiger partial charge is 0.487 e. The van der Waals surface area contributed by atoms with Crippen LogP contribution in [0.2, 0.25) is 4.34 Å². The summed E-state index contributed by atoms with van der Waals surface area (Å²) in [5, 5.41) is 0. The Balaban J connectivity index is 1.42. The lowest BCUT2D eigenvalue weighted by Crippen LogP contribution is -2.25. The Labute approximate surface area is 178 Å². The predicted octanol–water partition coefficient (Wildman–Crippen LogP) is 5.21. The van der Waals surface area contributed by atoms with Gasteiger partial charge in [-0.2, -0.15) is 0 Å². The number of amides is 1. The van der Waals surface area contributed by atoms with Crippen LogP contribution in [0.4, 0.5) is 0 Å². The van der Waals surface area contributed by atoms with Crippen molar-refractivity contribution in [2.75, 3.05) is 7.05 Å². The number of carbonyl (C=O) groups excluding carboxylic acids is 1. The van der Waals surface area contributed by atoms with Gasteiger partial charge in [0.15, 0.2) is 0 Å². The Bertz CT molecular complexity index is 1170. The highest BCUT2D eigenvalue weighted by molar-refractivity contribution is 7.16. The molecule has 3 aromatic heterocycles. The van der Waals surface area contributed by atoms with Crippen LogP contribution in [0.15, 0.2) is 60.9 Å². The third-order valence-electron chi connectivity index (χ3n) is 4.49. The summed E-state index contributed by atoms with van der Waals surface area (Å²) in [6, 6.07) is 15.0. The lowest BCUT2D eigenvalue weighted by Gasteiger charge is -2.16. The first-order chi connectivity index (χ1) is 14.0. The van der Waals surface area contributed by atoms with Crippen LogP contribution in [0.25, 0.3) is 5.65 Å². The fourth-order valence-electron chi connectivity index (χ4n) is 3.06. The Kier molecular flexibility index (Phi) is 5.56. The molecule has 0 radical (unpaired) electrons. The van der Waals surface area contributed by atoms with Crippen LogP contribution >= 0.6 is 22.9 Å². The maximum Gasteiger partial charge on any atom is 0.254 e. The second kappa shape index (κ2) is 8.27. The first-order valence-electron chi connectivity index (χ1n) is 9.15. The number of nitrogens with zero attached hydrogens (tertiary/aromatic N) is 3. The van der Waals surface area contributed by atoms with Gasteiger partial charge in [0.25, 0.3) is 5.91 Å². The first kappa shape index (κ1) is 19.5. The number of hydrogen-bond acceptors (Lipinski definition) is 4. The fraction of sp³-hybridized carbons (Fsp3) is 0.182. The molecule has 7 heteroatoms. The van der Waals surface area contributed by atoms with Crippen molar-refractivity contribution in [3.63, 3.8) is 0 Å². The number of imidazole rings is 1. The summed E-state index contributed by atoms with van der Waals surface area (Å²) >= 11 is 7.45. The van der Waals surface area contributed by atoms with Crippen molar-refractivity contribution < 1.29 is 9.53 Å². The summed E-state index contributed by atoms with van der Waals surface area (Å²) in [6.45, 7) is 2.89. The van der Waals surface area contributed by atoms with Crippen molar-refractivity contribution in [3.8, 4) is 5.75 Å². The van der Waals surface area contributed by atoms with E-state index in [1.54, 1.807) is 24.1 Å². The van der Waals surface area contributed by atoms with Gasteiger partial charge in [-0.15, -0.1) is 11.3 Å². The van der Waals surface area contributed by atoms with Gasteiger partial charge in [0.05, 0.1) is 16.6 Å². The fourth-order valence-corrected chi connectivity index (χ4v) is 4.21. The highest BCUT2D eigenvalue weighted by Crippen LogP contribution is 2.23. The van der Waals surface area contributed by atoms with Crippen molar-refractivity contribution in [1.29, 1.82) is 0 Å². The summed E-state index contributed by atoms with van der Waals surface area (Å²) in [5.74, 6) is 0.569. The van der Waals surface area contributed by atoms with E-state index in [1.807, 2.05) is 60.1 Å². The van der Waals surface area contributed by atoms with Gasteiger partial charge < -0.3 is 14.0 Å². The number of rotatable bonds is 6. The van der Waals surface area contributed by atoms with Crippen molar-refractivity contribution in [1.82, 2.24) is 14.3 Å². The zero-order chi connectivity index (χ0) is 20.4. The van der Waals surface area contributed by atoms with E-state index in [1.165, 1.54) is 16.9 Å². The summed E-state index contributed by atoms with van der Waals surface area (Å²) < 4.78 is 8.59. The minimum atomic E-state index is -0.0665. The molecule has 0 spiro atoms. The highest BCUT2D eigenvalue weighted by atomic mass is 35.5. The predicted molar refractivity (Wildman–Crippen MR) is 116 cm³/mol. The van der Waals surface area contributed by atoms with E-state index in [2.05, 4.69) is 4.98 Å². The maximum absolute atomic E-state index is 12.8. The average Bonchev–Trinajstić information content (AvgIpc) is 3.31. The number of aryl methyl sites for hydroxylation is 1. The molecular formula is C22H20ClN3O2S. The third-order valence-corrected chi connectivity index (χ3v) is 5.70. The molecule has 4 rings (SSSR count). The molecule has 0 fully saturated rings. The van der Waals surface area contributed by atoms with Crippen LogP contribution in [-0.4, -0.2) is 27.2 Å². The lowest BCUT2D eigenvalue weighted by molar-refractivity contribution is 0.0786. The van der Waals surface area contributed by atoms with Gasteiger partial charge in [0.2, 0.25) is 0 Å². The number of halogens is 1. The van der Waals surface area contributed by atoms with E-state index < -0.39 is 0 Å². The van der Waals surface area contributed by atoms with Crippen molar-refractivity contribution in [2.45, 2.75) is 20.1 Å².